The van der Waals surface area contributed by atoms with Crippen LogP contribution in [0.5, 0.6) is 0 Å². The van der Waals surface area contributed by atoms with E-state index in [0.717, 1.165) is 0 Å². The molecule has 0 radical (unpaired) electrons. The van der Waals surface area contributed by atoms with Crippen LogP contribution in [0.15, 0.2) is 0 Å². The van der Waals surface area contributed by atoms with Gasteiger partial charge in [0, 0.05) is 13.2 Å². The molecule has 0 aromatic heterocycles. The molecule has 52 valence electrons. The Labute approximate surface area is 53.0 Å². The lowest BCUT2D eigenvalue weighted by Gasteiger charge is -2.16. The van der Waals surface area contributed by atoms with Crippen LogP contribution in [0.2, 0.25) is 0 Å². The number of carbonyl (C=O) groups excluding carboxylic acids is 1. The smallest absolute Gasteiger partial charge is 0.304 e. The number of ether oxygens (including phenoxy) is 1. The van der Waals surface area contributed by atoms with E-state index in [1.807, 2.05) is 0 Å². The average Bonchev–Trinajstić information content (AvgIpc) is 1.90. The molecule has 0 aromatic rings. The van der Waals surface area contributed by atoms with Gasteiger partial charge in [0.15, 0.2) is 0 Å². The van der Waals surface area contributed by atoms with Crippen LogP contribution in [0, 0.1) is 5.92 Å². The summed E-state index contributed by atoms with van der Waals surface area (Å²) in [5.74, 6) is -0.376. The molecule has 1 aliphatic rings. The molecule has 1 heterocycles. The quantitative estimate of drug-likeness (QED) is 0.496. The van der Waals surface area contributed by atoms with Crippen molar-refractivity contribution < 1.29 is 13.9 Å². The van der Waals surface area contributed by atoms with Gasteiger partial charge < -0.3 is 4.74 Å². The molecule has 0 N–H and O–H groups in total. The second-order valence-electron chi connectivity index (χ2n) is 2.19. The van der Waals surface area contributed by atoms with Crippen molar-refractivity contribution in [1.82, 2.24) is 0 Å². The standard InChI is InChI=1S/C6H9FO2/c7-6(8)5-1-3-9-4-2-5/h5H,1-4H2. The Hall–Kier alpha value is -0.440. The third-order valence-electron chi connectivity index (χ3n) is 1.54. The van der Waals surface area contributed by atoms with Crippen molar-refractivity contribution >= 4 is 6.04 Å². The molecule has 0 aromatic carbocycles. The van der Waals surface area contributed by atoms with Crippen molar-refractivity contribution in [3.05, 3.63) is 0 Å². The van der Waals surface area contributed by atoms with Crippen molar-refractivity contribution in [1.29, 1.82) is 0 Å². The summed E-state index contributed by atoms with van der Waals surface area (Å²) < 4.78 is 16.8. The molecule has 0 spiro atoms. The molecule has 0 atom stereocenters. The Balaban J connectivity index is 2.31. The van der Waals surface area contributed by atoms with Crippen LogP contribution in [-0.2, 0) is 9.53 Å². The van der Waals surface area contributed by atoms with Crippen LogP contribution < -0.4 is 0 Å². The van der Waals surface area contributed by atoms with Gasteiger partial charge in [-0.25, -0.2) is 0 Å². The first-order chi connectivity index (χ1) is 4.30. The highest BCUT2D eigenvalue weighted by Gasteiger charge is 2.20. The molecule has 1 aliphatic heterocycles. The van der Waals surface area contributed by atoms with Crippen molar-refractivity contribution in [2.75, 3.05) is 13.2 Å². The third-order valence-corrected chi connectivity index (χ3v) is 1.54. The fraction of sp³-hybridized carbons (Fsp3) is 0.833. The van der Waals surface area contributed by atoms with E-state index in [2.05, 4.69) is 0 Å². The molecule has 2 nitrogen and oxygen atoms in total. The molecular weight excluding hydrogens is 123 g/mol. The molecule has 1 saturated heterocycles. The monoisotopic (exact) mass is 132 g/mol. The maximum Gasteiger partial charge on any atom is 0.304 e. The summed E-state index contributed by atoms with van der Waals surface area (Å²) in [6, 6.07) is -1.18. The fourth-order valence-electron chi connectivity index (χ4n) is 0.925. The number of hydrogen-bond acceptors (Lipinski definition) is 2. The third kappa shape index (κ3) is 1.75. The van der Waals surface area contributed by atoms with Crippen LogP contribution in [0.3, 0.4) is 0 Å². The lowest BCUT2D eigenvalue weighted by Crippen LogP contribution is -2.20. The van der Waals surface area contributed by atoms with Crippen LogP contribution in [0.4, 0.5) is 4.39 Å². The lowest BCUT2D eigenvalue weighted by molar-refractivity contribution is -0.136. The molecule has 9 heavy (non-hydrogen) atoms. The van der Waals surface area contributed by atoms with E-state index in [0.29, 0.717) is 26.1 Å². The predicted molar refractivity (Wildman–Crippen MR) is 29.7 cm³/mol. The van der Waals surface area contributed by atoms with Gasteiger partial charge in [0.1, 0.15) is 0 Å². The number of halogens is 1. The largest absolute Gasteiger partial charge is 0.381 e. The van der Waals surface area contributed by atoms with E-state index in [4.69, 9.17) is 4.74 Å². The molecular formula is C6H9FO2. The lowest BCUT2D eigenvalue weighted by atomic mass is 10.0. The Morgan fingerprint density at radius 1 is 1.44 bits per heavy atom. The summed E-state index contributed by atoms with van der Waals surface area (Å²) >= 11 is 0. The molecule has 3 heteroatoms. The highest BCUT2D eigenvalue weighted by molar-refractivity contribution is 5.70. The molecule has 0 unspecified atom stereocenters. The number of hydrogen-bond donors (Lipinski definition) is 0. The van der Waals surface area contributed by atoms with Crippen LogP contribution >= 0.6 is 0 Å². The zero-order valence-corrected chi connectivity index (χ0v) is 5.10. The maximum absolute atomic E-state index is 11.9. The SMILES string of the molecule is O=C(F)C1CCOCC1. The van der Waals surface area contributed by atoms with Crippen LogP contribution in [0.1, 0.15) is 12.8 Å². The van der Waals surface area contributed by atoms with E-state index in [-0.39, 0.29) is 5.92 Å². The predicted octanol–water partition coefficient (Wildman–Crippen LogP) is 0.909. The van der Waals surface area contributed by atoms with Crippen LogP contribution in [0.25, 0.3) is 0 Å². The van der Waals surface area contributed by atoms with Gasteiger partial charge in [-0.2, -0.15) is 4.39 Å². The van der Waals surface area contributed by atoms with E-state index >= 15 is 0 Å². The minimum Gasteiger partial charge on any atom is -0.381 e. The second-order valence-corrected chi connectivity index (χ2v) is 2.19. The molecule has 0 amide bonds. The normalized spacial score (nSPS) is 21.9. The zero-order chi connectivity index (χ0) is 6.69. The fourth-order valence-corrected chi connectivity index (χ4v) is 0.925. The van der Waals surface area contributed by atoms with Gasteiger partial charge in [-0.05, 0) is 12.8 Å². The summed E-state index contributed by atoms with van der Waals surface area (Å²) in [6.45, 7) is 1.06. The van der Waals surface area contributed by atoms with Gasteiger partial charge in [0.2, 0.25) is 0 Å². The minimum absolute atomic E-state index is 0.376. The first-order valence-corrected chi connectivity index (χ1v) is 3.08. The van der Waals surface area contributed by atoms with Gasteiger partial charge in [0.05, 0.1) is 5.92 Å². The van der Waals surface area contributed by atoms with E-state index in [9.17, 15) is 9.18 Å². The van der Waals surface area contributed by atoms with Gasteiger partial charge in [0.25, 0.3) is 0 Å². The van der Waals surface area contributed by atoms with Gasteiger partial charge in [-0.15, -0.1) is 0 Å². The summed E-state index contributed by atoms with van der Waals surface area (Å²) in [5, 5.41) is 0. The maximum atomic E-state index is 11.9. The Morgan fingerprint density at radius 2 is 2.00 bits per heavy atom. The topological polar surface area (TPSA) is 26.3 Å². The Morgan fingerprint density at radius 3 is 2.33 bits per heavy atom. The highest BCUT2D eigenvalue weighted by atomic mass is 19.1. The highest BCUT2D eigenvalue weighted by Crippen LogP contribution is 2.15. The molecule has 0 bridgehead atoms. The first kappa shape index (κ1) is 6.68. The summed E-state index contributed by atoms with van der Waals surface area (Å²) in [7, 11) is 0. The molecule has 1 rings (SSSR count). The molecule has 0 saturated carbocycles. The molecule has 1 fully saturated rings. The van der Waals surface area contributed by atoms with Gasteiger partial charge >= 0.3 is 6.04 Å². The Kier molecular flexibility index (Phi) is 2.16. The summed E-state index contributed by atoms with van der Waals surface area (Å²) in [4.78, 5) is 10.1. The van der Waals surface area contributed by atoms with E-state index in [1.165, 1.54) is 0 Å². The first-order valence-electron chi connectivity index (χ1n) is 3.08. The minimum atomic E-state index is -1.18. The number of carbonyl (C=O) groups is 1. The summed E-state index contributed by atoms with van der Waals surface area (Å²) in [5.41, 5.74) is 0. The van der Waals surface area contributed by atoms with Gasteiger partial charge in [-0.1, -0.05) is 0 Å². The average molecular weight is 132 g/mol. The van der Waals surface area contributed by atoms with E-state index in [1.54, 1.807) is 0 Å². The van der Waals surface area contributed by atoms with Crippen molar-refractivity contribution in [2.45, 2.75) is 12.8 Å². The van der Waals surface area contributed by atoms with Crippen molar-refractivity contribution in [3.8, 4) is 0 Å². The van der Waals surface area contributed by atoms with Crippen molar-refractivity contribution in [2.24, 2.45) is 5.92 Å². The van der Waals surface area contributed by atoms with Crippen molar-refractivity contribution in [3.63, 3.8) is 0 Å². The second kappa shape index (κ2) is 2.92. The molecule has 0 aliphatic carbocycles. The zero-order valence-electron chi connectivity index (χ0n) is 5.10. The van der Waals surface area contributed by atoms with Crippen LogP contribution in [-0.4, -0.2) is 19.3 Å². The van der Waals surface area contributed by atoms with Gasteiger partial charge in [-0.3, -0.25) is 4.79 Å². The van der Waals surface area contributed by atoms with E-state index < -0.39 is 6.04 Å². The summed E-state index contributed by atoms with van der Waals surface area (Å²) in [6.07, 6.45) is 1.10. The number of rotatable bonds is 1. The Bertz CT molecular complexity index is 108.